The van der Waals surface area contributed by atoms with Crippen LogP contribution in [0, 0.1) is 5.82 Å². The van der Waals surface area contributed by atoms with Gasteiger partial charge in [0.25, 0.3) is 0 Å². The minimum Gasteiger partial charge on any atom is -0.344 e. The summed E-state index contributed by atoms with van der Waals surface area (Å²) in [4.78, 5) is 10.0. The summed E-state index contributed by atoms with van der Waals surface area (Å²) in [5, 5.41) is 4.45. The van der Waals surface area contributed by atoms with Crippen LogP contribution in [0.5, 0.6) is 0 Å². The second-order valence-electron chi connectivity index (χ2n) is 6.94. The van der Waals surface area contributed by atoms with Gasteiger partial charge in [-0.15, -0.1) is 0 Å². The maximum absolute atomic E-state index is 13.3. The first-order valence-electron chi connectivity index (χ1n) is 9.56. The number of thiocarbonyl (C=S) groups is 1. The van der Waals surface area contributed by atoms with Gasteiger partial charge in [-0.05, 0) is 60.2 Å². The van der Waals surface area contributed by atoms with E-state index in [1.54, 1.807) is 12.1 Å². The molecule has 0 saturated carbocycles. The number of hydrogen-bond donors (Lipinski definition) is 2. The van der Waals surface area contributed by atoms with E-state index in [0.717, 1.165) is 28.1 Å². The minimum absolute atomic E-state index is 0.257. The quantitative estimate of drug-likeness (QED) is 0.373. The fraction of sp³-hybridized carbons (Fsp3) is 0.130. The van der Waals surface area contributed by atoms with Crippen LogP contribution in [0.2, 0.25) is 5.02 Å². The molecule has 1 aromatic heterocycles. The normalized spacial score (nSPS) is 10.9. The Labute approximate surface area is 184 Å². The second-order valence-corrected chi connectivity index (χ2v) is 7.76. The number of aromatic nitrogens is 2. The molecule has 0 unspecified atom stereocenters. The first-order chi connectivity index (χ1) is 14.6. The van der Waals surface area contributed by atoms with Crippen LogP contribution < -0.4 is 5.32 Å². The molecule has 0 aliphatic heterocycles. The molecule has 3 aromatic carbocycles. The number of H-pyrrole nitrogens is 1. The average molecular weight is 439 g/mol. The van der Waals surface area contributed by atoms with Crippen LogP contribution >= 0.6 is 23.8 Å². The fourth-order valence-corrected chi connectivity index (χ4v) is 3.66. The Morgan fingerprint density at radius 2 is 1.87 bits per heavy atom. The van der Waals surface area contributed by atoms with Crippen LogP contribution in [0.4, 0.5) is 10.1 Å². The Kier molecular flexibility index (Phi) is 6.26. The average Bonchev–Trinajstić information content (AvgIpc) is 3.15. The maximum Gasteiger partial charge on any atom is 0.173 e. The molecule has 4 aromatic rings. The Balaban J connectivity index is 1.50. The zero-order valence-electron chi connectivity index (χ0n) is 16.1. The van der Waals surface area contributed by atoms with Crippen molar-refractivity contribution in [2.75, 3.05) is 11.9 Å². The lowest BCUT2D eigenvalue weighted by Crippen LogP contribution is -2.36. The van der Waals surface area contributed by atoms with E-state index in [4.69, 9.17) is 23.8 Å². The van der Waals surface area contributed by atoms with E-state index in [0.29, 0.717) is 29.6 Å². The third-order valence-corrected chi connectivity index (χ3v) is 5.30. The Hall–Kier alpha value is -2.96. The molecule has 0 amide bonds. The number of aromatic amines is 1. The molecule has 152 valence electrons. The zero-order chi connectivity index (χ0) is 20.9. The molecule has 4 rings (SSSR count). The van der Waals surface area contributed by atoms with Crippen molar-refractivity contribution in [2.45, 2.75) is 13.0 Å². The third-order valence-electron chi connectivity index (χ3n) is 4.71. The molecule has 4 nitrogen and oxygen atoms in total. The number of nitrogens with zero attached hydrogens (tertiary/aromatic N) is 2. The molecule has 0 fully saturated rings. The summed E-state index contributed by atoms with van der Waals surface area (Å²) in [5.41, 5.74) is 3.74. The van der Waals surface area contributed by atoms with Gasteiger partial charge in [0.1, 0.15) is 11.6 Å². The van der Waals surface area contributed by atoms with Crippen molar-refractivity contribution >= 4 is 45.7 Å². The summed E-state index contributed by atoms with van der Waals surface area (Å²) in [5.74, 6) is 0.637. The van der Waals surface area contributed by atoms with E-state index >= 15 is 0 Å². The lowest BCUT2D eigenvalue weighted by molar-refractivity contribution is 0.419. The lowest BCUT2D eigenvalue weighted by Gasteiger charge is -2.26. The Bertz CT molecular complexity index is 1130. The van der Waals surface area contributed by atoms with Crippen molar-refractivity contribution in [1.29, 1.82) is 0 Å². The number of benzene rings is 3. The largest absolute Gasteiger partial charge is 0.344 e. The molecular weight excluding hydrogens is 419 g/mol. The predicted molar refractivity (Wildman–Crippen MR) is 124 cm³/mol. The number of fused-ring (bicyclic) bond motifs is 1. The van der Waals surface area contributed by atoms with Crippen molar-refractivity contribution in [3.05, 3.63) is 95.0 Å². The smallest absolute Gasteiger partial charge is 0.173 e. The number of para-hydroxylation sites is 2. The molecular formula is C23H20ClFN4S. The second kappa shape index (κ2) is 9.24. The molecule has 0 aliphatic carbocycles. The van der Waals surface area contributed by atoms with Crippen molar-refractivity contribution in [3.63, 3.8) is 0 Å². The molecule has 2 N–H and O–H groups in total. The molecule has 0 radical (unpaired) electrons. The molecule has 0 saturated heterocycles. The van der Waals surface area contributed by atoms with Gasteiger partial charge < -0.3 is 15.2 Å². The molecule has 30 heavy (non-hydrogen) atoms. The van der Waals surface area contributed by atoms with Crippen LogP contribution in [0.1, 0.15) is 11.4 Å². The highest BCUT2D eigenvalue weighted by Gasteiger charge is 2.13. The van der Waals surface area contributed by atoms with E-state index in [1.165, 1.54) is 12.1 Å². The van der Waals surface area contributed by atoms with Crippen molar-refractivity contribution in [1.82, 2.24) is 14.9 Å². The summed E-state index contributed by atoms with van der Waals surface area (Å²) < 4.78 is 13.3. The number of halogens is 2. The monoisotopic (exact) mass is 438 g/mol. The standard InChI is InChI=1S/C23H20ClFN4S/c24-17-4-3-5-19(14-17)26-23(30)29(15-16-8-10-18(25)11-9-16)13-12-22-27-20-6-1-2-7-21(20)28-22/h1-11,14H,12-13,15H2,(H,26,30)(H,27,28). The van der Waals surface area contributed by atoms with Crippen LogP contribution in [0.25, 0.3) is 11.0 Å². The summed E-state index contributed by atoms with van der Waals surface area (Å²) in [6, 6.07) is 21.8. The molecule has 0 spiro atoms. The zero-order valence-corrected chi connectivity index (χ0v) is 17.7. The number of imidazole rings is 1. The van der Waals surface area contributed by atoms with E-state index in [1.807, 2.05) is 53.4 Å². The van der Waals surface area contributed by atoms with E-state index < -0.39 is 0 Å². The topological polar surface area (TPSA) is 44.0 Å². The van der Waals surface area contributed by atoms with Crippen LogP contribution in [0.3, 0.4) is 0 Å². The molecule has 1 heterocycles. The SMILES string of the molecule is Fc1ccc(CN(CCc2nc3ccccc3[nH]2)C(=S)Nc2cccc(Cl)c2)cc1. The number of anilines is 1. The van der Waals surface area contributed by atoms with Crippen molar-refractivity contribution < 1.29 is 4.39 Å². The molecule has 0 atom stereocenters. The Morgan fingerprint density at radius 1 is 1.07 bits per heavy atom. The molecule has 7 heteroatoms. The van der Waals surface area contributed by atoms with Gasteiger partial charge in [0, 0.05) is 30.2 Å². The first kappa shape index (κ1) is 20.3. The van der Waals surface area contributed by atoms with Gasteiger partial charge in [-0.1, -0.05) is 41.9 Å². The summed E-state index contributed by atoms with van der Waals surface area (Å²) in [6.07, 6.45) is 0.688. The van der Waals surface area contributed by atoms with Gasteiger partial charge in [0.2, 0.25) is 0 Å². The highest BCUT2D eigenvalue weighted by atomic mass is 35.5. The number of hydrogen-bond acceptors (Lipinski definition) is 2. The van der Waals surface area contributed by atoms with E-state index in [9.17, 15) is 4.39 Å². The number of rotatable bonds is 6. The van der Waals surface area contributed by atoms with Gasteiger partial charge in [0.15, 0.2) is 5.11 Å². The first-order valence-corrected chi connectivity index (χ1v) is 10.3. The van der Waals surface area contributed by atoms with Crippen molar-refractivity contribution in [2.24, 2.45) is 0 Å². The number of nitrogens with one attached hydrogen (secondary N) is 2. The molecule has 0 aliphatic rings. The minimum atomic E-state index is -0.257. The van der Waals surface area contributed by atoms with Gasteiger partial charge in [0.05, 0.1) is 11.0 Å². The van der Waals surface area contributed by atoms with Crippen LogP contribution in [-0.4, -0.2) is 26.5 Å². The van der Waals surface area contributed by atoms with E-state index in [2.05, 4.69) is 15.3 Å². The summed E-state index contributed by atoms with van der Waals surface area (Å²) in [6.45, 7) is 1.19. The summed E-state index contributed by atoms with van der Waals surface area (Å²) >= 11 is 11.8. The van der Waals surface area contributed by atoms with Gasteiger partial charge in [-0.25, -0.2) is 9.37 Å². The highest BCUT2D eigenvalue weighted by Crippen LogP contribution is 2.17. The maximum atomic E-state index is 13.3. The summed E-state index contributed by atoms with van der Waals surface area (Å²) in [7, 11) is 0. The van der Waals surface area contributed by atoms with Crippen molar-refractivity contribution in [3.8, 4) is 0 Å². The predicted octanol–water partition coefficient (Wildman–Crippen LogP) is 5.80. The van der Waals surface area contributed by atoms with Gasteiger partial charge in [-0.2, -0.15) is 0 Å². The van der Waals surface area contributed by atoms with Crippen LogP contribution in [0.15, 0.2) is 72.8 Å². The highest BCUT2D eigenvalue weighted by molar-refractivity contribution is 7.80. The van der Waals surface area contributed by atoms with Crippen LogP contribution in [-0.2, 0) is 13.0 Å². The van der Waals surface area contributed by atoms with E-state index in [-0.39, 0.29) is 5.82 Å². The fourth-order valence-electron chi connectivity index (χ4n) is 3.20. The Morgan fingerprint density at radius 3 is 2.63 bits per heavy atom. The van der Waals surface area contributed by atoms with Gasteiger partial charge >= 0.3 is 0 Å². The van der Waals surface area contributed by atoms with Gasteiger partial charge in [-0.3, -0.25) is 0 Å². The third kappa shape index (κ3) is 5.14. The lowest BCUT2D eigenvalue weighted by atomic mass is 10.2. The molecule has 0 bridgehead atoms.